The zero-order valence-corrected chi connectivity index (χ0v) is 12.1. The largest absolute Gasteiger partial charge is 0.507 e. The lowest BCUT2D eigenvalue weighted by atomic mass is 9.96. The first kappa shape index (κ1) is 14.2. The molecule has 0 aliphatic rings. The number of phenols is 2. The summed E-state index contributed by atoms with van der Waals surface area (Å²) in [5, 5.41) is 20.1. The standard InChI is InChI=1S/C18H20O2/c1-12(2)18-16(19)10-15(11-17(18)20)13(3)9-14-7-5-4-6-8-14/h4-12,19-20H,1-3H3/b13-9+. The van der Waals surface area contributed by atoms with Gasteiger partial charge in [0.15, 0.2) is 0 Å². The third-order valence-electron chi connectivity index (χ3n) is 3.35. The van der Waals surface area contributed by atoms with Crippen LogP contribution >= 0.6 is 0 Å². The lowest BCUT2D eigenvalue weighted by Crippen LogP contribution is -1.91. The van der Waals surface area contributed by atoms with E-state index in [4.69, 9.17) is 0 Å². The molecule has 0 fully saturated rings. The average Bonchev–Trinajstić information content (AvgIpc) is 2.38. The number of rotatable bonds is 3. The van der Waals surface area contributed by atoms with Crippen molar-refractivity contribution in [2.24, 2.45) is 0 Å². The van der Waals surface area contributed by atoms with E-state index in [9.17, 15) is 10.2 Å². The molecule has 0 heterocycles. The van der Waals surface area contributed by atoms with Gasteiger partial charge in [-0.3, -0.25) is 0 Å². The molecule has 2 rings (SSSR count). The van der Waals surface area contributed by atoms with Gasteiger partial charge in [0.2, 0.25) is 0 Å². The molecule has 0 spiro atoms. The summed E-state index contributed by atoms with van der Waals surface area (Å²) in [4.78, 5) is 0. The lowest BCUT2D eigenvalue weighted by Gasteiger charge is -2.13. The molecule has 0 saturated carbocycles. The summed E-state index contributed by atoms with van der Waals surface area (Å²) in [7, 11) is 0. The zero-order valence-electron chi connectivity index (χ0n) is 12.1. The summed E-state index contributed by atoms with van der Waals surface area (Å²) in [6.07, 6.45) is 2.03. The molecular weight excluding hydrogens is 248 g/mol. The predicted octanol–water partition coefficient (Wildman–Crippen LogP) is 4.78. The number of benzene rings is 2. The van der Waals surface area contributed by atoms with Crippen LogP contribution in [0.15, 0.2) is 42.5 Å². The topological polar surface area (TPSA) is 40.5 Å². The van der Waals surface area contributed by atoms with Crippen LogP contribution in [-0.2, 0) is 0 Å². The van der Waals surface area contributed by atoms with Crippen LogP contribution in [0.2, 0.25) is 0 Å². The second kappa shape index (κ2) is 5.83. The number of allylic oxidation sites excluding steroid dienone is 1. The molecule has 0 aromatic heterocycles. The summed E-state index contributed by atoms with van der Waals surface area (Å²) in [6.45, 7) is 5.86. The van der Waals surface area contributed by atoms with Crippen LogP contribution in [0.3, 0.4) is 0 Å². The molecule has 0 radical (unpaired) electrons. The van der Waals surface area contributed by atoms with Crippen molar-refractivity contribution in [2.45, 2.75) is 26.7 Å². The summed E-state index contributed by atoms with van der Waals surface area (Å²) in [5.74, 6) is 0.383. The van der Waals surface area contributed by atoms with Crippen molar-refractivity contribution in [2.75, 3.05) is 0 Å². The molecule has 104 valence electrons. The zero-order chi connectivity index (χ0) is 14.7. The summed E-state index contributed by atoms with van der Waals surface area (Å²) in [5.41, 5.74) is 3.52. The smallest absolute Gasteiger partial charge is 0.123 e. The summed E-state index contributed by atoms with van der Waals surface area (Å²) >= 11 is 0. The number of hydrogen-bond donors (Lipinski definition) is 2. The van der Waals surface area contributed by atoms with Gasteiger partial charge in [0.05, 0.1) is 0 Å². The summed E-state index contributed by atoms with van der Waals surface area (Å²) in [6, 6.07) is 13.4. The molecule has 20 heavy (non-hydrogen) atoms. The second-order valence-electron chi connectivity index (χ2n) is 5.32. The molecule has 0 aliphatic heterocycles. The minimum absolute atomic E-state index is 0.0856. The maximum Gasteiger partial charge on any atom is 0.123 e. The van der Waals surface area contributed by atoms with E-state index in [0.717, 1.165) is 16.7 Å². The SMILES string of the molecule is C/C(=C\c1ccccc1)c1cc(O)c(C(C)C)c(O)c1. The van der Waals surface area contributed by atoms with Crippen molar-refractivity contribution in [1.82, 2.24) is 0 Å². The van der Waals surface area contributed by atoms with E-state index in [0.29, 0.717) is 5.56 Å². The molecule has 2 aromatic rings. The fourth-order valence-corrected chi connectivity index (χ4v) is 2.32. The Balaban J connectivity index is 2.41. The van der Waals surface area contributed by atoms with Gasteiger partial charge in [-0.1, -0.05) is 50.3 Å². The highest BCUT2D eigenvalue weighted by Crippen LogP contribution is 2.36. The fraction of sp³-hybridized carbons (Fsp3) is 0.222. The lowest BCUT2D eigenvalue weighted by molar-refractivity contribution is 0.433. The van der Waals surface area contributed by atoms with E-state index in [1.807, 2.05) is 57.2 Å². The van der Waals surface area contributed by atoms with Crippen molar-refractivity contribution in [3.8, 4) is 11.5 Å². The van der Waals surface area contributed by atoms with Crippen molar-refractivity contribution >= 4 is 11.6 Å². The van der Waals surface area contributed by atoms with Gasteiger partial charge in [-0.25, -0.2) is 0 Å². The first-order chi connectivity index (χ1) is 9.49. The van der Waals surface area contributed by atoms with E-state index in [1.165, 1.54) is 0 Å². The van der Waals surface area contributed by atoms with Crippen LogP contribution < -0.4 is 0 Å². The molecule has 0 atom stereocenters. The average molecular weight is 268 g/mol. The molecule has 2 N–H and O–H groups in total. The Morgan fingerprint density at radius 2 is 1.55 bits per heavy atom. The Morgan fingerprint density at radius 3 is 2.05 bits per heavy atom. The molecule has 2 aromatic carbocycles. The van der Waals surface area contributed by atoms with Crippen LogP contribution in [0.25, 0.3) is 11.6 Å². The Hall–Kier alpha value is -2.22. The van der Waals surface area contributed by atoms with Crippen molar-refractivity contribution < 1.29 is 10.2 Å². The van der Waals surface area contributed by atoms with Crippen LogP contribution in [0, 0.1) is 0 Å². The Bertz CT molecular complexity index is 602. The highest BCUT2D eigenvalue weighted by Gasteiger charge is 2.13. The molecular formula is C18H20O2. The highest BCUT2D eigenvalue weighted by atomic mass is 16.3. The molecule has 2 nitrogen and oxygen atoms in total. The first-order valence-corrected chi connectivity index (χ1v) is 6.78. The maximum absolute atomic E-state index is 10.1. The van der Waals surface area contributed by atoms with Gasteiger partial charge in [-0.2, -0.15) is 0 Å². The van der Waals surface area contributed by atoms with Gasteiger partial charge >= 0.3 is 0 Å². The molecule has 0 bridgehead atoms. The van der Waals surface area contributed by atoms with Crippen molar-refractivity contribution in [3.63, 3.8) is 0 Å². The Morgan fingerprint density at radius 1 is 1.00 bits per heavy atom. The Labute approximate surface area is 120 Å². The van der Waals surface area contributed by atoms with Crippen molar-refractivity contribution in [1.29, 1.82) is 0 Å². The third-order valence-corrected chi connectivity index (χ3v) is 3.35. The monoisotopic (exact) mass is 268 g/mol. The molecule has 0 amide bonds. The van der Waals surface area contributed by atoms with Crippen LogP contribution in [-0.4, -0.2) is 10.2 Å². The number of phenolic OH excluding ortho intramolecular Hbond substituents is 2. The van der Waals surface area contributed by atoms with Gasteiger partial charge in [-0.05, 0) is 41.7 Å². The number of hydrogen-bond acceptors (Lipinski definition) is 2. The summed E-state index contributed by atoms with van der Waals surface area (Å²) < 4.78 is 0. The van der Waals surface area contributed by atoms with Crippen molar-refractivity contribution in [3.05, 3.63) is 59.2 Å². The van der Waals surface area contributed by atoms with E-state index < -0.39 is 0 Å². The van der Waals surface area contributed by atoms with E-state index >= 15 is 0 Å². The fourth-order valence-electron chi connectivity index (χ4n) is 2.32. The minimum atomic E-state index is 0.0856. The second-order valence-corrected chi connectivity index (χ2v) is 5.32. The molecule has 0 aliphatic carbocycles. The van der Waals surface area contributed by atoms with Crippen LogP contribution in [0.5, 0.6) is 11.5 Å². The Kier molecular flexibility index (Phi) is 4.14. The predicted molar refractivity (Wildman–Crippen MR) is 83.8 cm³/mol. The first-order valence-electron chi connectivity index (χ1n) is 6.78. The van der Waals surface area contributed by atoms with Gasteiger partial charge in [0.1, 0.15) is 11.5 Å². The normalized spacial score (nSPS) is 11.9. The third kappa shape index (κ3) is 3.02. The van der Waals surface area contributed by atoms with Gasteiger partial charge in [0.25, 0.3) is 0 Å². The maximum atomic E-state index is 10.1. The highest BCUT2D eigenvalue weighted by molar-refractivity contribution is 5.81. The minimum Gasteiger partial charge on any atom is -0.507 e. The quantitative estimate of drug-likeness (QED) is 0.786. The van der Waals surface area contributed by atoms with Gasteiger partial charge < -0.3 is 10.2 Å². The van der Waals surface area contributed by atoms with E-state index in [1.54, 1.807) is 12.1 Å². The van der Waals surface area contributed by atoms with Gasteiger partial charge in [-0.15, -0.1) is 0 Å². The van der Waals surface area contributed by atoms with E-state index in [2.05, 4.69) is 0 Å². The molecule has 2 heteroatoms. The van der Waals surface area contributed by atoms with Crippen LogP contribution in [0.1, 0.15) is 43.4 Å². The molecule has 0 unspecified atom stereocenters. The number of aromatic hydroxyl groups is 2. The van der Waals surface area contributed by atoms with Gasteiger partial charge in [0, 0.05) is 5.56 Å². The van der Waals surface area contributed by atoms with Crippen LogP contribution in [0.4, 0.5) is 0 Å². The molecule has 0 saturated heterocycles. The van der Waals surface area contributed by atoms with E-state index in [-0.39, 0.29) is 17.4 Å².